The third-order valence-corrected chi connectivity index (χ3v) is 4.29. The molecule has 128 valence electrons. The lowest BCUT2D eigenvalue weighted by molar-refractivity contribution is 0.0515. The summed E-state index contributed by atoms with van der Waals surface area (Å²) in [5.41, 5.74) is 3.37. The van der Waals surface area contributed by atoms with Gasteiger partial charge in [0.25, 0.3) is 0 Å². The van der Waals surface area contributed by atoms with Gasteiger partial charge in [-0.1, -0.05) is 29.8 Å². The fourth-order valence-electron chi connectivity index (χ4n) is 2.98. The molecule has 0 radical (unpaired) electrons. The van der Waals surface area contributed by atoms with Crippen LogP contribution in [-0.2, 0) is 11.3 Å². The Morgan fingerprint density at radius 1 is 1.24 bits per heavy atom. The molecule has 0 fully saturated rings. The van der Waals surface area contributed by atoms with Crippen molar-refractivity contribution >= 4 is 34.2 Å². The Balaban J connectivity index is 2.24. The zero-order valence-corrected chi connectivity index (χ0v) is 14.7. The van der Waals surface area contributed by atoms with Crippen LogP contribution in [0, 0.1) is 11.8 Å². The average Bonchev–Trinajstić information content (AvgIpc) is 2.96. The van der Waals surface area contributed by atoms with E-state index in [0.29, 0.717) is 28.3 Å². The maximum absolute atomic E-state index is 12.4. The van der Waals surface area contributed by atoms with Gasteiger partial charge in [-0.15, -0.1) is 4.91 Å². The smallest absolute Gasteiger partial charge is 0.354 e. The van der Waals surface area contributed by atoms with Gasteiger partial charge >= 0.3 is 5.97 Å². The molecule has 0 saturated carbocycles. The van der Waals surface area contributed by atoms with Crippen LogP contribution in [0.1, 0.15) is 28.5 Å². The topological polar surface area (TPSA) is 60.7 Å². The molecule has 0 spiro atoms. The number of hydrogen-bond acceptors (Lipinski definition) is 4. The van der Waals surface area contributed by atoms with E-state index < -0.39 is 5.97 Å². The number of carbonyl (C=O) groups excluding carboxylic acids is 1. The summed E-state index contributed by atoms with van der Waals surface area (Å²) in [5.74, 6) is -0.433. The fraction of sp³-hybridized carbons (Fsp3) is 0.211. The summed E-state index contributed by atoms with van der Waals surface area (Å²) < 4.78 is 7.03. The number of esters is 1. The van der Waals surface area contributed by atoms with Gasteiger partial charge in [0.1, 0.15) is 11.4 Å². The number of carbonyl (C=O) groups is 1. The first kappa shape index (κ1) is 17.2. The first-order valence-corrected chi connectivity index (χ1v) is 8.30. The minimum absolute atomic E-state index is 0.273. The highest BCUT2D eigenvalue weighted by atomic mass is 35.5. The van der Waals surface area contributed by atoms with Gasteiger partial charge in [-0.3, -0.25) is 0 Å². The Morgan fingerprint density at radius 2 is 2.04 bits per heavy atom. The Kier molecular flexibility index (Phi) is 4.86. The Morgan fingerprint density at radius 3 is 2.72 bits per heavy atom. The minimum atomic E-state index is -0.433. The van der Waals surface area contributed by atoms with Gasteiger partial charge in [-0.25, -0.2) is 4.79 Å². The van der Waals surface area contributed by atoms with Gasteiger partial charge < -0.3 is 9.30 Å². The van der Waals surface area contributed by atoms with Crippen LogP contribution in [0.4, 0.5) is 5.69 Å². The van der Waals surface area contributed by atoms with E-state index in [1.165, 1.54) is 0 Å². The summed E-state index contributed by atoms with van der Waals surface area (Å²) in [4.78, 5) is 23.6. The van der Waals surface area contributed by atoms with Crippen molar-refractivity contribution in [1.82, 2.24) is 4.57 Å². The highest BCUT2D eigenvalue weighted by Crippen LogP contribution is 2.32. The lowest BCUT2D eigenvalue weighted by Crippen LogP contribution is -2.13. The predicted molar refractivity (Wildman–Crippen MR) is 98.6 cm³/mol. The summed E-state index contributed by atoms with van der Waals surface area (Å²) in [6.45, 7) is 4.39. The molecule has 1 aromatic heterocycles. The molecule has 0 aliphatic carbocycles. The second-order valence-electron chi connectivity index (χ2n) is 5.72. The molecule has 6 heteroatoms. The number of nitrogens with zero attached hydrogens (tertiary/aromatic N) is 2. The van der Waals surface area contributed by atoms with Gasteiger partial charge in [-0.05, 0) is 54.4 Å². The molecule has 1 heterocycles. The van der Waals surface area contributed by atoms with E-state index in [2.05, 4.69) is 5.18 Å². The van der Waals surface area contributed by atoms with Crippen molar-refractivity contribution in [1.29, 1.82) is 0 Å². The van der Waals surface area contributed by atoms with E-state index in [9.17, 15) is 9.70 Å². The standard InChI is InChI=1S/C19H17ClN2O3/c1-3-25-19(23)17-10-15-16(21-24)8-7-12(2)18(15)22(17)11-13-5-4-6-14(20)9-13/h4-10H,3,11H2,1-2H3. The van der Waals surface area contributed by atoms with E-state index in [1.807, 2.05) is 35.8 Å². The maximum atomic E-state index is 12.4. The molecule has 3 aromatic rings. The van der Waals surface area contributed by atoms with Crippen molar-refractivity contribution in [3.63, 3.8) is 0 Å². The third kappa shape index (κ3) is 3.28. The Labute approximate surface area is 150 Å². The molecule has 0 amide bonds. The molecule has 3 rings (SSSR count). The molecule has 0 N–H and O–H groups in total. The van der Waals surface area contributed by atoms with Crippen molar-refractivity contribution < 1.29 is 9.53 Å². The van der Waals surface area contributed by atoms with Gasteiger partial charge in [0, 0.05) is 17.0 Å². The van der Waals surface area contributed by atoms with Crippen LogP contribution in [0.25, 0.3) is 10.9 Å². The second-order valence-corrected chi connectivity index (χ2v) is 6.16. The van der Waals surface area contributed by atoms with Crippen LogP contribution in [0.2, 0.25) is 5.02 Å². The van der Waals surface area contributed by atoms with Crippen LogP contribution in [0.15, 0.2) is 47.6 Å². The van der Waals surface area contributed by atoms with Crippen molar-refractivity contribution in [2.45, 2.75) is 20.4 Å². The largest absolute Gasteiger partial charge is 0.461 e. The van der Waals surface area contributed by atoms with Gasteiger partial charge in [0.2, 0.25) is 0 Å². The van der Waals surface area contributed by atoms with E-state index in [0.717, 1.165) is 16.6 Å². The SMILES string of the molecule is CCOC(=O)c1cc2c(N=O)ccc(C)c2n1Cc1cccc(Cl)c1. The van der Waals surface area contributed by atoms with E-state index in [1.54, 1.807) is 25.1 Å². The normalized spacial score (nSPS) is 10.8. The maximum Gasteiger partial charge on any atom is 0.354 e. The lowest BCUT2D eigenvalue weighted by Gasteiger charge is -2.12. The zero-order valence-electron chi connectivity index (χ0n) is 14.0. The number of rotatable bonds is 5. The number of halogens is 1. The first-order valence-electron chi connectivity index (χ1n) is 7.93. The van der Waals surface area contributed by atoms with Crippen LogP contribution >= 0.6 is 11.6 Å². The molecule has 0 bridgehead atoms. The number of benzene rings is 2. The summed E-state index contributed by atoms with van der Waals surface area (Å²) in [6.07, 6.45) is 0. The summed E-state index contributed by atoms with van der Waals surface area (Å²) in [7, 11) is 0. The highest BCUT2D eigenvalue weighted by Gasteiger charge is 2.20. The zero-order chi connectivity index (χ0) is 18.0. The predicted octanol–water partition coefficient (Wildman–Crippen LogP) is 5.23. The van der Waals surface area contributed by atoms with Crippen molar-refractivity contribution in [3.8, 4) is 0 Å². The van der Waals surface area contributed by atoms with Crippen molar-refractivity contribution in [2.75, 3.05) is 6.61 Å². The van der Waals surface area contributed by atoms with E-state index in [-0.39, 0.29) is 6.61 Å². The van der Waals surface area contributed by atoms with Crippen LogP contribution in [-0.4, -0.2) is 17.1 Å². The molecule has 0 aliphatic heterocycles. The monoisotopic (exact) mass is 356 g/mol. The van der Waals surface area contributed by atoms with Crippen LogP contribution < -0.4 is 0 Å². The highest BCUT2D eigenvalue weighted by molar-refractivity contribution is 6.30. The first-order chi connectivity index (χ1) is 12.0. The van der Waals surface area contributed by atoms with Crippen molar-refractivity contribution in [2.24, 2.45) is 5.18 Å². The Bertz CT molecular complexity index is 963. The van der Waals surface area contributed by atoms with E-state index >= 15 is 0 Å². The van der Waals surface area contributed by atoms with Crippen LogP contribution in [0.5, 0.6) is 0 Å². The number of aryl methyl sites for hydroxylation is 1. The molecule has 25 heavy (non-hydrogen) atoms. The second kappa shape index (κ2) is 7.07. The summed E-state index contributed by atoms with van der Waals surface area (Å²) >= 11 is 6.08. The van der Waals surface area contributed by atoms with Crippen molar-refractivity contribution in [3.05, 3.63) is 69.2 Å². The Hall–Kier alpha value is -2.66. The quantitative estimate of drug-likeness (QED) is 0.464. The van der Waals surface area contributed by atoms with Gasteiger partial charge in [-0.2, -0.15) is 0 Å². The number of aromatic nitrogens is 1. The molecule has 5 nitrogen and oxygen atoms in total. The lowest BCUT2D eigenvalue weighted by atomic mass is 10.1. The van der Waals surface area contributed by atoms with Gasteiger partial charge in [0.05, 0.1) is 12.1 Å². The summed E-state index contributed by atoms with van der Waals surface area (Å²) in [5, 5.41) is 4.35. The molecule has 0 unspecified atom stereocenters. The average molecular weight is 357 g/mol. The number of nitroso groups, excluding NO2 is 1. The number of fused-ring (bicyclic) bond motifs is 1. The fourth-order valence-corrected chi connectivity index (χ4v) is 3.19. The number of hydrogen-bond donors (Lipinski definition) is 0. The molecule has 0 aliphatic rings. The molecule has 2 aromatic carbocycles. The molecule has 0 atom stereocenters. The summed E-state index contributed by atoms with van der Waals surface area (Å²) in [6, 6.07) is 12.6. The van der Waals surface area contributed by atoms with Crippen LogP contribution in [0.3, 0.4) is 0 Å². The molecular formula is C19H17ClN2O3. The molecule has 0 saturated heterocycles. The van der Waals surface area contributed by atoms with E-state index in [4.69, 9.17) is 16.3 Å². The van der Waals surface area contributed by atoms with Gasteiger partial charge in [0.15, 0.2) is 0 Å². The number of ether oxygens (including phenoxy) is 1. The molecular weight excluding hydrogens is 340 g/mol. The third-order valence-electron chi connectivity index (χ3n) is 4.05. The minimum Gasteiger partial charge on any atom is -0.461 e.